The van der Waals surface area contributed by atoms with E-state index in [1.165, 1.54) is 20.3 Å². The Morgan fingerprint density at radius 3 is 2.00 bits per heavy atom. The normalized spacial score (nSPS) is 40.0. The number of carboxylic acid groups (broad SMARTS) is 1. The molecule has 4 aliphatic carbocycles. The lowest BCUT2D eigenvalue weighted by Gasteiger charge is -2.62. The second kappa shape index (κ2) is 5.49. The molecule has 1 atom stereocenters. The Kier molecular flexibility index (Phi) is 4.01. The fraction of sp³-hybridized carbons (Fsp3) is 0.895. The number of aliphatic carboxylic acids is 1. The molecule has 4 saturated carbocycles. The number of carbonyl (C=O) groups is 2. The van der Waals surface area contributed by atoms with Gasteiger partial charge in [-0.05, 0) is 82.0 Å². The minimum Gasteiger partial charge on any atom is -0.480 e. The van der Waals surface area contributed by atoms with E-state index in [4.69, 9.17) is 4.74 Å². The Morgan fingerprint density at radius 2 is 1.61 bits per heavy atom. The lowest BCUT2D eigenvalue weighted by molar-refractivity contribution is -0.234. The van der Waals surface area contributed by atoms with Gasteiger partial charge in [0.2, 0.25) is 0 Å². The van der Waals surface area contributed by atoms with Gasteiger partial charge in [-0.3, -0.25) is 9.59 Å². The monoisotopic (exact) mass is 322 g/mol. The topological polar surface area (TPSA) is 63.6 Å². The van der Waals surface area contributed by atoms with Crippen LogP contribution in [0.25, 0.3) is 0 Å². The van der Waals surface area contributed by atoms with Crippen LogP contribution < -0.4 is 0 Å². The number of hydrogen-bond acceptors (Lipinski definition) is 3. The van der Waals surface area contributed by atoms with Crippen molar-refractivity contribution in [3.63, 3.8) is 0 Å². The molecule has 1 N–H and O–H groups in total. The van der Waals surface area contributed by atoms with Gasteiger partial charge in [0.25, 0.3) is 0 Å². The lowest BCUT2D eigenvalue weighted by atomic mass is 9.47. The highest BCUT2D eigenvalue weighted by Crippen LogP contribution is 2.62. The van der Waals surface area contributed by atoms with E-state index in [1.54, 1.807) is 0 Å². The molecule has 1 unspecified atom stereocenters. The van der Waals surface area contributed by atoms with Gasteiger partial charge in [0.15, 0.2) is 5.41 Å². The maximum atomic E-state index is 12.7. The van der Waals surface area contributed by atoms with Crippen molar-refractivity contribution in [3.05, 3.63) is 0 Å². The molecule has 23 heavy (non-hydrogen) atoms. The van der Waals surface area contributed by atoms with Crippen LogP contribution in [0.15, 0.2) is 0 Å². The number of hydrogen-bond donors (Lipinski definition) is 1. The molecular formula is C19H30O4. The zero-order valence-corrected chi connectivity index (χ0v) is 14.8. The molecule has 0 spiro atoms. The van der Waals surface area contributed by atoms with Crippen molar-refractivity contribution < 1.29 is 19.4 Å². The van der Waals surface area contributed by atoms with Gasteiger partial charge in [-0.25, -0.2) is 0 Å². The average Bonchev–Trinajstić information content (AvgIpc) is 2.49. The summed E-state index contributed by atoms with van der Waals surface area (Å²) in [5.41, 5.74) is -1.92. The third kappa shape index (κ3) is 2.40. The molecule has 0 heterocycles. The van der Waals surface area contributed by atoms with E-state index < -0.39 is 23.0 Å². The molecule has 4 rings (SSSR count). The van der Waals surface area contributed by atoms with Crippen LogP contribution in [0.2, 0.25) is 0 Å². The SMILES string of the molecule is CCC(C)C1(OC(=O)C(C)(C)C(=O)O)C2CC3CC(C2)CC1C3. The molecule has 0 aliphatic heterocycles. The molecule has 4 heteroatoms. The standard InChI is InChI=1S/C19H30O4/c1-5-11(2)19(23-17(22)18(3,4)16(20)21)14-7-12-6-13(9-14)10-15(19)8-12/h11-15H,5-10H2,1-4H3,(H,20,21). The first-order valence-electron chi connectivity index (χ1n) is 9.18. The van der Waals surface area contributed by atoms with Crippen molar-refractivity contribution in [1.29, 1.82) is 0 Å². The van der Waals surface area contributed by atoms with Gasteiger partial charge in [-0.1, -0.05) is 13.8 Å². The van der Waals surface area contributed by atoms with Crippen molar-refractivity contribution in [3.8, 4) is 0 Å². The number of esters is 1. The summed E-state index contributed by atoms with van der Waals surface area (Å²) >= 11 is 0. The molecule has 0 aromatic rings. The molecule has 130 valence electrons. The summed E-state index contributed by atoms with van der Waals surface area (Å²) in [4.78, 5) is 24.2. The van der Waals surface area contributed by atoms with Gasteiger partial charge in [-0.2, -0.15) is 0 Å². The van der Waals surface area contributed by atoms with Crippen LogP contribution in [-0.2, 0) is 14.3 Å². The third-order valence-electron chi connectivity index (χ3n) is 7.11. The average molecular weight is 322 g/mol. The van der Waals surface area contributed by atoms with Crippen LogP contribution in [-0.4, -0.2) is 22.6 Å². The molecule has 0 amide bonds. The van der Waals surface area contributed by atoms with Gasteiger partial charge in [-0.15, -0.1) is 0 Å². The first-order chi connectivity index (χ1) is 10.7. The highest BCUT2D eigenvalue weighted by Gasteiger charge is 2.62. The van der Waals surface area contributed by atoms with Crippen LogP contribution in [0, 0.1) is 35.0 Å². The zero-order valence-electron chi connectivity index (χ0n) is 14.8. The highest BCUT2D eigenvalue weighted by molar-refractivity contribution is 5.98. The Hall–Kier alpha value is -1.06. The smallest absolute Gasteiger partial charge is 0.323 e. The molecule has 4 nitrogen and oxygen atoms in total. The molecule has 4 bridgehead atoms. The maximum Gasteiger partial charge on any atom is 0.323 e. The van der Waals surface area contributed by atoms with Gasteiger partial charge in [0, 0.05) is 0 Å². The summed E-state index contributed by atoms with van der Waals surface area (Å²) in [5, 5.41) is 9.37. The van der Waals surface area contributed by atoms with Gasteiger partial charge in [0.05, 0.1) is 0 Å². The number of carbonyl (C=O) groups excluding carboxylic acids is 1. The first kappa shape index (κ1) is 16.8. The van der Waals surface area contributed by atoms with Gasteiger partial charge < -0.3 is 9.84 Å². The quantitative estimate of drug-likeness (QED) is 0.616. The van der Waals surface area contributed by atoms with Crippen molar-refractivity contribution in [2.75, 3.05) is 0 Å². The summed E-state index contributed by atoms with van der Waals surface area (Å²) in [6.45, 7) is 7.24. The van der Waals surface area contributed by atoms with Crippen molar-refractivity contribution in [1.82, 2.24) is 0 Å². The summed E-state index contributed by atoms with van der Waals surface area (Å²) in [6.07, 6.45) is 6.91. The van der Waals surface area contributed by atoms with E-state index in [0.717, 1.165) is 43.9 Å². The minimum absolute atomic E-state index is 0.283. The van der Waals surface area contributed by atoms with Crippen LogP contribution in [0.1, 0.15) is 66.2 Å². The van der Waals surface area contributed by atoms with Crippen molar-refractivity contribution in [2.45, 2.75) is 71.8 Å². The van der Waals surface area contributed by atoms with E-state index >= 15 is 0 Å². The van der Waals surface area contributed by atoms with E-state index in [-0.39, 0.29) is 5.92 Å². The second-order valence-electron chi connectivity index (χ2n) is 8.79. The molecule has 4 aliphatic rings. The van der Waals surface area contributed by atoms with Gasteiger partial charge in [0.1, 0.15) is 5.60 Å². The highest BCUT2D eigenvalue weighted by atomic mass is 16.6. The fourth-order valence-corrected chi connectivity index (χ4v) is 5.69. The predicted octanol–water partition coefficient (Wildman–Crippen LogP) is 3.88. The maximum absolute atomic E-state index is 12.7. The van der Waals surface area contributed by atoms with E-state index in [1.807, 2.05) is 0 Å². The van der Waals surface area contributed by atoms with Crippen LogP contribution in [0.5, 0.6) is 0 Å². The molecule has 0 radical (unpaired) electrons. The largest absolute Gasteiger partial charge is 0.480 e. The summed E-state index contributed by atoms with van der Waals surface area (Å²) < 4.78 is 6.17. The van der Waals surface area contributed by atoms with E-state index in [9.17, 15) is 14.7 Å². The Bertz CT molecular complexity index is 479. The summed E-state index contributed by atoms with van der Waals surface area (Å²) in [7, 11) is 0. The Morgan fingerprint density at radius 1 is 1.13 bits per heavy atom. The van der Waals surface area contributed by atoms with Crippen molar-refractivity contribution in [2.24, 2.45) is 35.0 Å². The Labute approximate surface area is 139 Å². The molecule has 0 saturated heterocycles. The number of carboxylic acids is 1. The molecular weight excluding hydrogens is 292 g/mol. The van der Waals surface area contributed by atoms with Crippen LogP contribution >= 0.6 is 0 Å². The summed E-state index contributed by atoms with van der Waals surface area (Å²) in [5.74, 6) is 1.04. The van der Waals surface area contributed by atoms with E-state index in [0.29, 0.717) is 11.8 Å². The second-order valence-corrected chi connectivity index (χ2v) is 8.79. The predicted molar refractivity (Wildman–Crippen MR) is 86.7 cm³/mol. The number of ether oxygens (including phenoxy) is 1. The van der Waals surface area contributed by atoms with Gasteiger partial charge >= 0.3 is 11.9 Å². The van der Waals surface area contributed by atoms with E-state index in [2.05, 4.69) is 13.8 Å². The van der Waals surface area contributed by atoms with Crippen LogP contribution in [0.4, 0.5) is 0 Å². The Balaban J connectivity index is 1.93. The summed E-state index contributed by atoms with van der Waals surface area (Å²) in [6, 6.07) is 0. The third-order valence-corrected chi connectivity index (χ3v) is 7.11. The molecule has 0 aromatic carbocycles. The number of rotatable bonds is 5. The minimum atomic E-state index is -1.48. The molecule has 0 aromatic heterocycles. The van der Waals surface area contributed by atoms with Crippen molar-refractivity contribution >= 4 is 11.9 Å². The first-order valence-corrected chi connectivity index (χ1v) is 9.18. The zero-order chi connectivity index (χ0) is 17.0. The molecule has 4 fully saturated rings. The lowest BCUT2D eigenvalue weighted by Crippen LogP contribution is -2.63. The van der Waals surface area contributed by atoms with Crippen LogP contribution in [0.3, 0.4) is 0 Å². The fourth-order valence-electron chi connectivity index (χ4n) is 5.69.